The molecule has 0 saturated carbocycles. The third-order valence-electron chi connectivity index (χ3n) is 2.17. The molecular formula is C11H16ClFN2O. The minimum atomic E-state index is -0.544. The molecule has 0 aliphatic heterocycles. The molecule has 1 unspecified atom stereocenters. The first-order valence-electron chi connectivity index (χ1n) is 5.17. The van der Waals surface area contributed by atoms with E-state index in [0.29, 0.717) is 22.9 Å². The predicted octanol–water partition coefficient (Wildman–Crippen LogP) is 2.23. The molecule has 1 rings (SSSR count). The van der Waals surface area contributed by atoms with Gasteiger partial charge in [0.25, 0.3) is 0 Å². The van der Waals surface area contributed by atoms with Crippen LogP contribution in [0.3, 0.4) is 0 Å². The topological polar surface area (TPSA) is 61.3 Å². The highest BCUT2D eigenvalue weighted by atomic mass is 35.5. The molecule has 0 bridgehead atoms. The van der Waals surface area contributed by atoms with Crippen molar-refractivity contribution in [3.05, 3.63) is 28.5 Å². The molecule has 5 heteroatoms. The second kappa shape index (κ2) is 6.03. The van der Waals surface area contributed by atoms with E-state index in [2.05, 4.69) is 0 Å². The van der Waals surface area contributed by atoms with E-state index in [4.69, 9.17) is 27.8 Å². The van der Waals surface area contributed by atoms with Crippen molar-refractivity contribution >= 4 is 11.6 Å². The summed E-state index contributed by atoms with van der Waals surface area (Å²) in [6.45, 7) is 2.63. The summed E-state index contributed by atoms with van der Waals surface area (Å²) < 4.78 is 18.9. The zero-order valence-electron chi connectivity index (χ0n) is 9.17. The van der Waals surface area contributed by atoms with Crippen LogP contribution in [0.15, 0.2) is 12.1 Å². The first-order valence-corrected chi connectivity index (χ1v) is 5.55. The van der Waals surface area contributed by atoms with E-state index in [-0.39, 0.29) is 6.54 Å². The average Bonchev–Trinajstić information content (AvgIpc) is 2.28. The summed E-state index contributed by atoms with van der Waals surface area (Å²) in [5.74, 6) is -0.0950. The van der Waals surface area contributed by atoms with Gasteiger partial charge in [0, 0.05) is 24.2 Å². The van der Waals surface area contributed by atoms with Gasteiger partial charge in [-0.05, 0) is 12.5 Å². The van der Waals surface area contributed by atoms with Crippen LogP contribution in [0.1, 0.15) is 24.9 Å². The fraction of sp³-hybridized carbons (Fsp3) is 0.455. The van der Waals surface area contributed by atoms with Crippen LogP contribution in [0.4, 0.5) is 4.39 Å². The van der Waals surface area contributed by atoms with E-state index < -0.39 is 11.9 Å². The molecule has 0 radical (unpaired) electrons. The fourth-order valence-electron chi connectivity index (χ4n) is 1.28. The van der Waals surface area contributed by atoms with Crippen molar-refractivity contribution in [1.29, 1.82) is 0 Å². The number of nitrogens with two attached hydrogens (primary N) is 2. The standard InChI is InChI=1S/C11H16ClFN2O/c1-2-3-16-11-5-9(13)7(4-8(11)12)10(15)6-14/h4-5,10H,2-3,6,14-15H2,1H3. The number of halogens is 2. The van der Waals surface area contributed by atoms with Crippen LogP contribution < -0.4 is 16.2 Å². The third kappa shape index (κ3) is 3.07. The highest BCUT2D eigenvalue weighted by molar-refractivity contribution is 6.32. The second-order valence-corrected chi connectivity index (χ2v) is 3.90. The lowest BCUT2D eigenvalue weighted by Crippen LogP contribution is -2.22. The molecule has 0 aliphatic rings. The fourth-order valence-corrected chi connectivity index (χ4v) is 1.50. The molecule has 0 heterocycles. The molecule has 90 valence electrons. The minimum absolute atomic E-state index is 0.169. The van der Waals surface area contributed by atoms with E-state index in [1.807, 2.05) is 6.92 Å². The van der Waals surface area contributed by atoms with Crippen LogP contribution in [0, 0.1) is 5.82 Å². The summed E-state index contributed by atoms with van der Waals surface area (Å²) in [4.78, 5) is 0. The Morgan fingerprint density at radius 2 is 2.19 bits per heavy atom. The Kier molecular flexibility index (Phi) is 4.99. The third-order valence-corrected chi connectivity index (χ3v) is 2.46. The Morgan fingerprint density at radius 1 is 1.50 bits per heavy atom. The highest BCUT2D eigenvalue weighted by Crippen LogP contribution is 2.29. The van der Waals surface area contributed by atoms with E-state index in [1.165, 1.54) is 12.1 Å². The highest BCUT2D eigenvalue weighted by Gasteiger charge is 2.14. The Morgan fingerprint density at radius 3 is 2.75 bits per heavy atom. The normalized spacial score (nSPS) is 12.6. The summed E-state index contributed by atoms with van der Waals surface area (Å²) in [5.41, 5.74) is 11.3. The van der Waals surface area contributed by atoms with Crippen molar-refractivity contribution in [3.63, 3.8) is 0 Å². The van der Waals surface area contributed by atoms with Gasteiger partial charge in [0.2, 0.25) is 0 Å². The SMILES string of the molecule is CCCOc1cc(F)c(C(N)CN)cc1Cl. The molecule has 0 aliphatic carbocycles. The van der Waals surface area contributed by atoms with Crippen LogP contribution >= 0.6 is 11.6 Å². The van der Waals surface area contributed by atoms with Gasteiger partial charge in [-0.15, -0.1) is 0 Å². The van der Waals surface area contributed by atoms with Crippen LogP contribution in [-0.4, -0.2) is 13.2 Å². The molecule has 0 amide bonds. The van der Waals surface area contributed by atoms with Crippen molar-refractivity contribution in [2.45, 2.75) is 19.4 Å². The lowest BCUT2D eigenvalue weighted by molar-refractivity contribution is 0.315. The number of rotatable bonds is 5. The number of hydrogen-bond acceptors (Lipinski definition) is 3. The van der Waals surface area contributed by atoms with Gasteiger partial charge in [-0.2, -0.15) is 0 Å². The van der Waals surface area contributed by atoms with Crippen LogP contribution in [-0.2, 0) is 0 Å². The Labute approximate surface area is 99.5 Å². The maximum atomic E-state index is 13.6. The Balaban J connectivity index is 2.97. The number of benzene rings is 1. The molecule has 0 spiro atoms. The van der Waals surface area contributed by atoms with Crippen molar-refractivity contribution in [3.8, 4) is 5.75 Å². The summed E-state index contributed by atoms with van der Waals surface area (Å²) >= 11 is 5.95. The molecule has 0 fully saturated rings. The zero-order chi connectivity index (χ0) is 12.1. The summed E-state index contributed by atoms with van der Waals surface area (Å²) in [5, 5.41) is 0.355. The molecule has 0 aromatic heterocycles. The van der Waals surface area contributed by atoms with Gasteiger partial charge in [0.05, 0.1) is 11.6 Å². The summed E-state index contributed by atoms with van der Waals surface area (Å²) in [7, 11) is 0. The maximum Gasteiger partial charge on any atom is 0.140 e. The smallest absolute Gasteiger partial charge is 0.140 e. The van der Waals surface area contributed by atoms with Crippen LogP contribution in [0.2, 0.25) is 5.02 Å². The minimum Gasteiger partial charge on any atom is -0.492 e. The lowest BCUT2D eigenvalue weighted by Gasteiger charge is -2.13. The van der Waals surface area contributed by atoms with E-state index in [0.717, 1.165) is 6.42 Å². The van der Waals surface area contributed by atoms with Crippen LogP contribution in [0.5, 0.6) is 5.75 Å². The van der Waals surface area contributed by atoms with Gasteiger partial charge >= 0.3 is 0 Å². The average molecular weight is 247 g/mol. The molecule has 1 atom stereocenters. The van der Waals surface area contributed by atoms with Gasteiger partial charge in [-0.3, -0.25) is 0 Å². The number of ether oxygens (including phenoxy) is 1. The predicted molar refractivity (Wildman–Crippen MR) is 63.2 cm³/mol. The van der Waals surface area contributed by atoms with Gasteiger partial charge in [0.1, 0.15) is 11.6 Å². The largest absolute Gasteiger partial charge is 0.492 e. The zero-order valence-corrected chi connectivity index (χ0v) is 9.93. The van der Waals surface area contributed by atoms with Crippen LogP contribution in [0.25, 0.3) is 0 Å². The molecule has 16 heavy (non-hydrogen) atoms. The molecule has 1 aromatic carbocycles. The summed E-state index contributed by atoms with van der Waals surface area (Å²) in [6.07, 6.45) is 0.835. The van der Waals surface area contributed by atoms with Gasteiger partial charge in [0.15, 0.2) is 0 Å². The van der Waals surface area contributed by atoms with Gasteiger partial charge in [-0.1, -0.05) is 18.5 Å². The van der Waals surface area contributed by atoms with E-state index >= 15 is 0 Å². The molecule has 1 aromatic rings. The summed E-state index contributed by atoms with van der Waals surface area (Å²) in [6, 6.07) is 2.18. The molecule has 4 N–H and O–H groups in total. The van der Waals surface area contributed by atoms with Crippen molar-refractivity contribution < 1.29 is 9.13 Å². The lowest BCUT2D eigenvalue weighted by atomic mass is 10.1. The molecule has 3 nitrogen and oxygen atoms in total. The van der Waals surface area contributed by atoms with Crippen molar-refractivity contribution in [1.82, 2.24) is 0 Å². The number of hydrogen-bond donors (Lipinski definition) is 2. The Bertz CT molecular complexity index is 360. The quantitative estimate of drug-likeness (QED) is 0.838. The van der Waals surface area contributed by atoms with Gasteiger partial charge in [-0.25, -0.2) is 4.39 Å². The first-order chi connectivity index (χ1) is 7.60. The molecular weight excluding hydrogens is 231 g/mol. The van der Waals surface area contributed by atoms with E-state index in [1.54, 1.807) is 0 Å². The maximum absolute atomic E-state index is 13.6. The van der Waals surface area contributed by atoms with Gasteiger partial charge < -0.3 is 16.2 Å². The Hall–Kier alpha value is -0.840. The van der Waals surface area contributed by atoms with Crippen molar-refractivity contribution in [2.24, 2.45) is 11.5 Å². The monoisotopic (exact) mass is 246 g/mol. The molecule has 0 saturated heterocycles. The van der Waals surface area contributed by atoms with E-state index in [9.17, 15) is 4.39 Å². The second-order valence-electron chi connectivity index (χ2n) is 3.49. The van der Waals surface area contributed by atoms with Crippen molar-refractivity contribution in [2.75, 3.05) is 13.2 Å². The first kappa shape index (κ1) is 13.2.